The minimum absolute atomic E-state index is 0.00932. The Labute approximate surface area is 110 Å². The molecule has 0 bridgehead atoms. The second kappa shape index (κ2) is 4.32. The van der Waals surface area contributed by atoms with E-state index in [1.54, 1.807) is 0 Å². The van der Waals surface area contributed by atoms with E-state index in [4.69, 9.17) is 0 Å². The monoisotopic (exact) mass is 254 g/mol. The van der Waals surface area contributed by atoms with E-state index in [0.717, 1.165) is 12.8 Å². The molecular formula is C15H26O3. The van der Waals surface area contributed by atoms with Crippen molar-refractivity contribution in [1.29, 1.82) is 0 Å². The number of allylic oxidation sites excluding steroid dienone is 1. The molecule has 0 aromatic carbocycles. The molecule has 0 heterocycles. The summed E-state index contributed by atoms with van der Waals surface area (Å²) < 4.78 is 0. The van der Waals surface area contributed by atoms with E-state index in [2.05, 4.69) is 0 Å². The zero-order valence-electron chi connectivity index (χ0n) is 11.8. The van der Waals surface area contributed by atoms with E-state index in [9.17, 15) is 15.3 Å². The van der Waals surface area contributed by atoms with Crippen molar-refractivity contribution >= 4 is 0 Å². The van der Waals surface area contributed by atoms with Gasteiger partial charge in [0.15, 0.2) is 0 Å². The van der Waals surface area contributed by atoms with Crippen LogP contribution in [-0.4, -0.2) is 33.1 Å². The van der Waals surface area contributed by atoms with Crippen molar-refractivity contribution in [2.75, 3.05) is 0 Å². The van der Waals surface area contributed by atoms with Crippen LogP contribution in [0.15, 0.2) is 11.6 Å². The lowest BCUT2D eigenvalue weighted by molar-refractivity contribution is -0.126. The molecule has 2 aliphatic carbocycles. The number of aliphatic hydroxyl groups excluding tert-OH is 2. The van der Waals surface area contributed by atoms with Gasteiger partial charge in [0.25, 0.3) is 0 Å². The van der Waals surface area contributed by atoms with Crippen molar-refractivity contribution in [3.05, 3.63) is 11.6 Å². The average Bonchev–Trinajstić information content (AvgIpc) is 2.39. The molecule has 18 heavy (non-hydrogen) atoms. The van der Waals surface area contributed by atoms with Crippen LogP contribution in [-0.2, 0) is 0 Å². The van der Waals surface area contributed by atoms with E-state index in [-0.39, 0.29) is 11.8 Å². The maximum Gasteiger partial charge on any atom is 0.0962 e. The van der Waals surface area contributed by atoms with Crippen molar-refractivity contribution in [2.24, 2.45) is 17.3 Å². The van der Waals surface area contributed by atoms with Gasteiger partial charge >= 0.3 is 0 Å². The molecule has 0 aromatic rings. The Morgan fingerprint density at radius 1 is 1.33 bits per heavy atom. The summed E-state index contributed by atoms with van der Waals surface area (Å²) in [6.07, 6.45) is 2.78. The molecule has 104 valence electrons. The Morgan fingerprint density at radius 2 is 1.94 bits per heavy atom. The molecule has 1 saturated carbocycles. The van der Waals surface area contributed by atoms with E-state index in [0.29, 0.717) is 6.42 Å². The Morgan fingerprint density at radius 3 is 2.50 bits per heavy atom. The second-order valence-electron chi connectivity index (χ2n) is 6.82. The maximum absolute atomic E-state index is 10.9. The van der Waals surface area contributed by atoms with Crippen LogP contribution in [0.4, 0.5) is 0 Å². The zero-order valence-corrected chi connectivity index (χ0v) is 11.8. The number of rotatable bonds is 1. The summed E-state index contributed by atoms with van der Waals surface area (Å²) >= 11 is 0. The van der Waals surface area contributed by atoms with Crippen LogP contribution < -0.4 is 0 Å². The van der Waals surface area contributed by atoms with Gasteiger partial charge in [0, 0.05) is 5.41 Å². The first kappa shape index (κ1) is 14.0. The van der Waals surface area contributed by atoms with Gasteiger partial charge in [-0.25, -0.2) is 0 Å². The van der Waals surface area contributed by atoms with Gasteiger partial charge in [0.05, 0.1) is 17.8 Å². The van der Waals surface area contributed by atoms with Crippen LogP contribution in [0.1, 0.15) is 47.0 Å². The molecule has 0 radical (unpaired) electrons. The van der Waals surface area contributed by atoms with Crippen molar-refractivity contribution in [2.45, 2.75) is 64.8 Å². The fourth-order valence-electron chi connectivity index (χ4n) is 4.07. The molecule has 0 aliphatic heterocycles. The minimum atomic E-state index is -1.08. The second-order valence-corrected chi connectivity index (χ2v) is 6.82. The van der Waals surface area contributed by atoms with Gasteiger partial charge in [-0.3, -0.25) is 0 Å². The molecule has 0 aromatic heterocycles. The highest BCUT2D eigenvalue weighted by atomic mass is 16.3. The number of fused-ring (bicyclic) bond motifs is 1. The molecule has 5 atom stereocenters. The standard InChI is InChI=1S/C15H26O3/c1-9(2)15(18)11-6-5-10(3)7-12(16)14(11,4)8-13(15)17/h7,9,11-13,16-18H,5-6,8H2,1-4H3. The lowest BCUT2D eigenvalue weighted by Gasteiger charge is -2.42. The van der Waals surface area contributed by atoms with Crippen molar-refractivity contribution in [3.8, 4) is 0 Å². The summed E-state index contributed by atoms with van der Waals surface area (Å²) in [5.41, 5.74) is -0.316. The van der Waals surface area contributed by atoms with Gasteiger partial charge in [0.2, 0.25) is 0 Å². The van der Waals surface area contributed by atoms with Crippen LogP contribution in [0.5, 0.6) is 0 Å². The Balaban J connectivity index is 2.44. The molecule has 1 fully saturated rings. The molecule has 0 amide bonds. The first-order chi connectivity index (χ1) is 8.22. The first-order valence-electron chi connectivity index (χ1n) is 6.98. The Hall–Kier alpha value is -0.380. The fraction of sp³-hybridized carbons (Fsp3) is 0.867. The van der Waals surface area contributed by atoms with Crippen molar-refractivity contribution in [3.63, 3.8) is 0 Å². The zero-order chi connectivity index (χ0) is 13.7. The molecule has 2 rings (SSSR count). The Kier molecular flexibility index (Phi) is 3.37. The highest BCUT2D eigenvalue weighted by molar-refractivity contribution is 5.19. The summed E-state index contributed by atoms with van der Waals surface area (Å²) in [6.45, 7) is 7.93. The average molecular weight is 254 g/mol. The van der Waals surface area contributed by atoms with E-state index in [1.165, 1.54) is 5.57 Å². The largest absolute Gasteiger partial charge is 0.390 e. The maximum atomic E-state index is 10.9. The normalized spacial score (nSPS) is 48.9. The van der Waals surface area contributed by atoms with Crippen LogP contribution in [0, 0.1) is 17.3 Å². The molecule has 3 nitrogen and oxygen atoms in total. The summed E-state index contributed by atoms with van der Waals surface area (Å²) in [5, 5.41) is 31.7. The number of hydrogen-bond donors (Lipinski definition) is 3. The third kappa shape index (κ3) is 1.75. The third-order valence-corrected chi connectivity index (χ3v) is 5.39. The van der Waals surface area contributed by atoms with Gasteiger partial charge in [-0.1, -0.05) is 32.4 Å². The van der Waals surface area contributed by atoms with E-state index >= 15 is 0 Å². The summed E-state index contributed by atoms with van der Waals surface area (Å²) in [7, 11) is 0. The number of aliphatic hydroxyl groups is 3. The molecule has 2 aliphatic rings. The topological polar surface area (TPSA) is 60.7 Å². The Bertz CT molecular complexity index is 363. The van der Waals surface area contributed by atoms with Crippen molar-refractivity contribution < 1.29 is 15.3 Å². The quantitative estimate of drug-likeness (QED) is 0.626. The SMILES string of the molecule is CC1=CC(O)C2(C)CC(O)C(O)(C(C)C)C2CC1. The van der Waals surface area contributed by atoms with Gasteiger partial charge < -0.3 is 15.3 Å². The van der Waals surface area contributed by atoms with E-state index in [1.807, 2.05) is 33.8 Å². The summed E-state index contributed by atoms with van der Waals surface area (Å²) in [5.74, 6) is -0.0615. The molecule has 3 heteroatoms. The fourth-order valence-corrected chi connectivity index (χ4v) is 4.07. The van der Waals surface area contributed by atoms with Gasteiger partial charge in [-0.2, -0.15) is 0 Å². The lowest BCUT2D eigenvalue weighted by atomic mass is 9.68. The van der Waals surface area contributed by atoms with Gasteiger partial charge in [0.1, 0.15) is 0 Å². The molecule has 0 spiro atoms. The van der Waals surface area contributed by atoms with Crippen LogP contribution in [0.25, 0.3) is 0 Å². The predicted molar refractivity (Wildman–Crippen MR) is 71.0 cm³/mol. The van der Waals surface area contributed by atoms with Crippen molar-refractivity contribution in [1.82, 2.24) is 0 Å². The van der Waals surface area contributed by atoms with Gasteiger partial charge in [-0.15, -0.1) is 0 Å². The number of hydrogen-bond acceptors (Lipinski definition) is 3. The summed E-state index contributed by atoms with van der Waals surface area (Å²) in [6, 6.07) is 0. The molecule has 0 saturated heterocycles. The molecule has 5 unspecified atom stereocenters. The molecule has 3 N–H and O–H groups in total. The highest BCUT2D eigenvalue weighted by Crippen LogP contribution is 2.57. The van der Waals surface area contributed by atoms with Crippen LogP contribution in [0.2, 0.25) is 0 Å². The first-order valence-corrected chi connectivity index (χ1v) is 6.98. The summed E-state index contributed by atoms with van der Waals surface area (Å²) in [4.78, 5) is 0. The highest BCUT2D eigenvalue weighted by Gasteiger charge is 2.62. The smallest absolute Gasteiger partial charge is 0.0962 e. The third-order valence-electron chi connectivity index (χ3n) is 5.39. The van der Waals surface area contributed by atoms with Gasteiger partial charge in [-0.05, 0) is 38.0 Å². The molecular weight excluding hydrogens is 228 g/mol. The van der Waals surface area contributed by atoms with Crippen LogP contribution in [0.3, 0.4) is 0 Å². The van der Waals surface area contributed by atoms with E-state index < -0.39 is 23.2 Å². The lowest BCUT2D eigenvalue weighted by Crippen LogP contribution is -2.50. The minimum Gasteiger partial charge on any atom is -0.390 e. The predicted octanol–water partition coefficient (Wildman–Crippen LogP) is 1.86. The van der Waals surface area contributed by atoms with Crippen LogP contribution >= 0.6 is 0 Å².